The lowest BCUT2D eigenvalue weighted by Crippen LogP contribution is -2.40. The number of likely N-dealkylation sites (tertiary alicyclic amines) is 1. The number of nitrogens with zero attached hydrogens (tertiary/aromatic N) is 1. The molecule has 1 aliphatic heterocycles. The van der Waals surface area contributed by atoms with Gasteiger partial charge in [-0.1, -0.05) is 38.7 Å². The van der Waals surface area contributed by atoms with Gasteiger partial charge in [0.05, 0.1) is 0 Å². The van der Waals surface area contributed by atoms with Gasteiger partial charge in [0.15, 0.2) is 0 Å². The second-order valence-corrected chi connectivity index (χ2v) is 5.41. The molecule has 0 spiro atoms. The van der Waals surface area contributed by atoms with Gasteiger partial charge in [0.1, 0.15) is 0 Å². The topological polar surface area (TPSA) is 29.3 Å². The van der Waals surface area contributed by atoms with Crippen LogP contribution in [0.4, 0.5) is 0 Å². The van der Waals surface area contributed by atoms with E-state index in [0.717, 1.165) is 11.5 Å². The van der Waals surface area contributed by atoms with Crippen LogP contribution in [0, 0.1) is 5.92 Å². The minimum absolute atomic E-state index is 0.472. The summed E-state index contributed by atoms with van der Waals surface area (Å²) < 4.78 is 0. The highest BCUT2D eigenvalue weighted by Crippen LogP contribution is 2.10. The fourth-order valence-electron chi connectivity index (χ4n) is 1.62. The number of hydrogen-bond acceptors (Lipinski definition) is 2. The van der Waals surface area contributed by atoms with Crippen molar-refractivity contribution in [2.24, 2.45) is 11.7 Å². The number of piperidine rings is 1. The molecule has 2 heteroatoms. The van der Waals surface area contributed by atoms with Crippen LogP contribution in [-0.2, 0) is 0 Å². The van der Waals surface area contributed by atoms with Crippen molar-refractivity contribution in [1.29, 1.82) is 0 Å². The van der Waals surface area contributed by atoms with Crippen LogP contribution >= 0.6 is 0 Å². The van der Waals surface area contributed by atoms with E-state index in [0.29, 0.717) is 6.04 Å². The van der Waals surface area contributed by atoms with Gasteiger partial charge < -0.3 is 10.6 Å². The average Bonchev–Trinajstić information content (AvgIpc) is 2.29. The maximum Gasteiger partial charge on any atom is 0.00631 e. The Morgan fingerprint density at radius 1 is 1.41 bits per heavy atom. The van der Waals surface area contributed by atoms with E-state index in [2.05, 4.69) is 31.9 Å². The monoisotopic (exact) mass is 238 g/mol. The Morgan fingerprint density at radius 2 is 1.88 bits per heavy atom. The molecule has 0 saturated carbocycles. The molecule has 0 amide bonds. The van der Waals surface area contributed by atoms with Gasteiger partial charge in [-0.2, -0.15) is 0 Å². The van der Waals surface area contributed by atoms with Crippen molar-refractivity contribution in [2.75, 3.05) is 19.6 Å². The zero-order valence-electron chi connectivity index (χ0n) is 11.9. The SMILES string of the molecule is C=CC(=C)C.CC(C)CCN1CCC(N)CC1. The molecule has 1 fully saturated rings. The molecule has 0 unspecified atom stereocenters. The minimum atomic E-state index is 0.472. The van der Waals surface area contributed by atoms with Crippen LogP contribution in [0.5, 0.6) is 0 Å². The summed E-state index contributed by atoms with van der Waals surface area (Å²) >= 11 is 0. The van der Waals surface area contributed by atoms with E-state index in [1.54, 1.807) is 6.08 Å². The Hall–Kier alpha value is -0.600. The van der Waals surface area contributed by atoms with Crippen LogP contribution in [0.15, 0.2) is 24.8 Å². The summed E-state index contributed by atoms with van der Waals surface area (Å²) in [6.45, 7) is 17.2. The van der Waals surface area contributed by atoms with Crippen molar-refractivity contribution in [1.82, 2.24) is 4.90 Å². The quantitative estimate of drug-likeness (QED) is 0.762. The van der Waals surface area contributed by atoms with Crippen molar-refractivity contribution in [2.45, 2.75) is 46.1 Å². The third-order valence-electron chi connectivity index (χ3n) is 3.00. The first-order chi connectivity index (χ1) is 7.95. The molecular weight excluding hydrogens is 208 g/mol. The van der Waals surface area contributed by atoms with Crippen LogP contribution in [0.3, 0.4) is 0 Å². The Labute approximate surface area is 108 Å². The summed E-state index contributed by atoms with van der Waals surface area (Å²) in [5, 5.41) is 0. The second-order valence-electron chi connectivity index (χ2n) is 5.41. The Kier molecular flexibility index (Phi) is 9.10. The minimum Gasteiger partial charge on any atom is -0.328 e. The fourth-order valence-corrected chi connectivity index (χ4v) is 1.62. The van der Waals surface area contributed by atoms with Crippen LogP contribution < -0.4 is 5.73 Å². The van der Waals surface area contributed by atoms with E-state index >= 15 is 0 Å². The maximum absolute atomic E-state index is 5.83. The molecule has 1 rings (SSSR count). The maximum atomic E-state index is 5.83. The highest BCUT2D eigenvalue weighted by atomic mass is 15.1. The van der Waals surface area contributed by atoms with Crippen LogP contribution in [-0.4, -0.2) is 30.6 Å². The predicted molar refractivity (Wildman–Crippen MR) is 78.1 cm³/mol. The molecule has 17 heavy (non-hydrogen) atoms. The lowest BCUT2D eigenvalue weighted by Gasteiger charge is -2.30. The molecule has 0 bridgehead atoms. The van der Waals surface area contributed by atoms with E-state index in [1.807, 2.05) is 6.92 Å². The zero-order valence-corrected chi connectivity index (χ0v) is 11.9. The first-order valence-corrected chi connectivity index (χ1v) is 6.71. The Balaban J connectivity index is 0.000000437. The molecule has 0 aromatic heterocycles. The standard InChI is InChI=1S/C10H22N2.C5H8/c1-9(2)3-6-12-7-4-10(11)5-8-12;1-4-5(2)3/h9-10H,3-8,11H2,1-2H3;4H,1-2H2,3H3. The molecule has 2 nitrogen and oxygen atoms in total. The first-order valence-electron chi connectivity index (χ1n) is 6.71. The number of hydrogen-bond donors (Lipinski definition) is 1. The summed E-state index contributed by atoms with van der Waals surface area (Å²) in [4.78, 5) is 2.54. The molecule has 0 radical (unpaired) electrons. The summed E-state index contributed by atoms with van der Waals surface area (Å²) in [7, 11) is 0. The van der Waals surface area contributed by atoms with Crippen molar-refractivity contribution in [3.63, 3.8) is 0 Å². The number of rotatable bonds is 4. The summed E-state index contributed by atoms with van der Waals surface area (Å²) in [6, 6.07) is 0.472. The lowest BCUT2D eigenvalue weighted by molar-refractivity contribution is 0.203. The third-order valence-corrected chi connectivity index (χ3v) is 3.00. The van der Waals surface area contributed by atoms with Gasteiger partial charge >= 0.3 is 0 Å². The second kappa shape index (κ2) is 9.43. The number of allylic oxidation sites excluding steroid dienone is 2. The molecule has 0 aliphatic carbocycles. The van der Waals surface area contributed by atoms with Gasteiger partial charge in [-0.15, -0.1) is 0 Å². The molecule has 0 aromatic rings. The number of nitrogens with two attached hydrogens (primary N) is 1. The van der Waals surface area contributed by atoms with Gasteiger partial charge in [0.2, 0.25) is 0 Å². The van der Waals surface area contributed by atoms with Crippen LogP contribution in [0.2, 0.25) is 0 Å². The fraction of sp³-hybridized carbons (Fsp3) is 0.733. The van der Waals surface area contributed by atoms with Gasteiger partial charge in [0.25, 0.3) is 0 Å². The van der Waals surface area contributed by atoms with Gasteiger partial charge in [-0.3, -0.25) is 0 Å². The zero-order chi connectivity index (χ0) is 13.3. The Morgan fingerprint density at radius 3 is 2.24 bits per heavy atom. The lowest BCUT2D eigenvalue weighted by atomic mass is 10.0. The van der Waals surface area contributed by atoms with E-state index in [-0.39, 0.29) is 0 Å². The molecule has 0 atom stereocenters. The smallest absolute Gasteiger partial charge is 0.00631 e. The first kappa shape index (κ1) is 16.4. The van der Waals surface area contributed by atoms with Gasteiger partial charge in [-0.05, 0) is 51.7 Å². The van der Waals surface area contributed by atoms with Crippen LogP contribution in [0.1, 0.15) is 40.0 Å². The van der Waals surface area contributed by atoms with Gasteiger partial charge in [-0.25, -0.2) is 0 Å². The van der Waals surface area contributed by atoms with E-state index in [4.69, 9.17) is 5.73 Å². The van der Waals surface area contributed by atoms with Crippen molar-refractivity contribution in [3.05, 3.63) is 24.8 Å². The van der Waals surface area contributed by atoms with E-state index in [1.165, 1.54) is 38.9 Å². The molecule has 1 heterocycles. The van der Waals surface area contributed by atoms with Gasteiger partial charge in [0, 0.05) is 6.04 Å². The molecule has 1 aliphatic rings. The largest absolute Gasteiger partial charge is 0.328 e. The van der Waals surface area contributed by atoms with E-state index in [9.17, 15) is 0 Å². The molecule has 2 N–H and O–H groups in total. The van der Waals surface area contributed by atoms with Crippen molar-refractivity contribution >= 4 is 0 Å². The van der Waals surface area contributed by atoms with Crippen molar-refractivity contribution < 1.29 is 0 Å². The predicted octanol–water partition coefficient (Wildman–Crippen LogP) is 3.20. The molecular formula is C15H30N2. The van der Waals surface area contributed by atoms with E-state index < -0.39 is 0 Å². The highest BCUT2D eigenvalue weighted by Gasteiger charge is 2.15. The highest BCUT2D eigenvalue weighted by molar-refractivity contribution is 5.05. The summed E-state index contributed by atoms with van der Waals surface area (Å²) in [5.41, 5.74) is 6.84. The van der Waals surface area contributed by atoms with Crippen molar-refractivity contribution in [3.8, 4) is 0 Å². The van der Waals surface area contributed by atoms with Crippen LogP contribution in [0.25, 0.3) is 0 Å². The average molecular weight is 238 g/mol. The Bertz CT molecular complexity index is 213. The normalized spacial score (nSPS) is 17.5. The molecule has 1 saturated heterocycles. The summed E-state index contributed by atoms with van der Waals surface area (Å²) in [5.74, 6) is 0.834. The molecule has 0 aromatic carbocycles. The summed E-state index contributed by atoms with van der Waals surface area (Å²) in [6.07, 6.45) is 5.44. The molecule has 100 valence electrons. The third kappa shape index (κ3) is 10.3.